The summed E-state index contributed by atoms with van der Waals surface area (Å²) >= 11 is 0. The molecule has 0 saturated heterocycles. The van der Waals surface area contributed by atoms with Crippen LogP contribution in [0.15, 0.2) is 55.1 Å². The minimum atomic E-state index is 0. The monoisotopic (exact) mass is 282 g/mol. The minimum absolute atomic E-state index is 0. The van der Waals surface area contributed by atoms with Crippen molar-refractivity contribution in [3.8, 4) is 11.1 Å². The Bertz CT molecular complexity index is 437. The Balaban J connectivity index is 0.00000112. The average molecular weight is 283 g/mol. The van der Waals surface area contributed by atoms with E-state index in [1.54, 1.807) is 0 Å². The Morgan fingerprint density at radius 1 is 1.06 bits per heavy atom. The summed E-state index contributed by atoms with van der Waals surface area (Å²) in [5.41, 5.74) is 3.55. The van der Waals surface area contributed by atoms with E-state index < -0.39 is 0 Å². The van der Waals surface area contributed by atoms with Gasteiger partial charge in [0.1, 0.15) is 0 Å². The summed E-state index contributed by atoms with van der Waals surface area (Å²) in [6.45, 7) is 3.80. The second kappa shape index (κ2) is 7.66. The number of rotatable bonds is 2. The second-order valence-corrected chi connectivity index (χ2v) is 3.08. The third kappa shape index (κ3) is 3.47. The van der Waals surface area contributed by atoms with Gasteiger partial charge in [0, 0.05) is 0 Å². The van der Waals surface area contributed by atoms with E-state index in [0.29, 0.717) is 0 Å². The third-order valence-electron chi connectivity index (χ3n) is 2.20. The fourth-order valence-electron chi connectivity index (χ4n) is 1.49. The maximum absolute atomic E-state index is 3.80. The maximum Gasteiger partial charge on any atom is 2.00 e. The molecule has 0 aliphatic heterocycles. The van der Waals surface area contributed by atoms with Crippen LogP contribution in [0, 0.1) is 6.07 Å². The Labute approximate surface area is 123 Å². The number of hydrogen-bond acceptors (Lipinski definition) is 0. The van der Waals surface area contributed by atoms with E-state index in [9.17, 15) is 0 Å². The largest absolute Gasteiger partial charge is 2.00 e. The molecule has 0 radical (unpaired) electrons. The molecule has 16 heavy (non-hydrogen) atoms. The molecule has 0 saturated carbocycles. The molecule has 0 heterocycles. The molecule has 0 amide bonds. The Hall–Kier alpha value is -0.574. The van der Waals surface area contributed by atoms with Gasteiger partial charge in [-0.25, -0.2) is 0 Å². The summed E-state index contributed by atoms with van der Waals surface area (Å²) < 4.78 is 0. The van der Waals surface area contributed by atoms with Gasteiger partial charge in [0.25, 0.3) is 0 Å². The molecule has 0 aromatic heterocycles. The predicted octanol–water partition coefficient (Wildman–Crippen LogP) is 0.420. The van der Waals surface area contributed by atoms with Gasteiger partial charge in [-0.3, -0.25) is 0 Å². The fraction of sp³-hybridized carbons (Fsp3) is 0. The van der Waals surface area contributed by atoms with Crippen LogP contribution in [0.5, 0.6) is 0 Å². The topological polar surface area (TPSA) is 0 Å². The summed E-state index contributed by atoms with van der Waals surface area (Å²) in [7, 11) is 0. The van der Waals surface area contributed by atoms with Crippen molar-refractivity contribution in [2.24, 2.45) is 0 Å². The molecule has 0 atom stereocenters. The van der Waals surface area contributed by atoms with Crippen molar-refractivity contribution in [3.63, 3.8) is 0 Å². The van der Waals surface area contributed by atoms with E-state index in [2.05, 4.69) is 30.8 Å². The van der Waals surface area contributed by atoms with Gasteiger partial charge in [0.05, 0.1) is 0 Å². The Morgan fingerprint density at radius 2 is 1.75 bits per heavy atom. The van der Waals surface area contributed by atoms with Gasteiger partial charge in [-0.2, -0.15) is 24.3 Å². The first-order valence-electron chi connectivity index (χ1n) is 4.60. The summed E-state index contributed by atoms with van der Waals surface area (Å²) in [6.07, 6.45) is 1.86. The first-order valence-corrected chi connectivity index (χ1v) is 4.60. The van der Waals surface area contributed by atoms with Crippen molar-refractivity contribution in [1.29, 1.82) is 0 Å². The van der Waals surface area contributed by atoms with Gasteiger partial charge >= 0.3 is 23.1 Å². The van der Waals surface area contributed by atoms with Crippen LogP contribution in [0.3, 0.4) is 0 Å². The molecule has 0 nitrogen and oxygen atoms in total. The van der Waals surface area contributed by atoms with Crippen molar-refractivity contribution < 1.29 is 17.0 Å². The smallest absolute Gasteiger partial charge is 1.00 e. The zero-order valence-electron chi connectivity index (χ0n) is 8.99. The van der Waals surface area contributed by atoms with E-state index in [0.717, 1.165) is 5.56 Å². The van der Waals surface area contributed by atoms with Gasteiger partial charge in [-0.05, 0) is 5.56 Å². The molecular weight excluding hydrogens is 272 g/mol. The molecule has 0 aliphatic rings. The summed E-state index contributed by atoms with van der Waals surface area (Å²) in [5, 5.41) is 0. The van der Waals surface area contributed by atoms with Gasteiger partial charge in [0.15, 0.2) is 0 Å². The molecule has 76 valence electrons. The van der Waals surface area contributed by atoms with E-state index in [1.807, 2.05) is 36.4 Å². The van der Waals surface area contributed by atoms with Crippen molar-refractivity contribution in [3.05, 3.63) is 66.7 Å². The molecule has 0 unspecified atom stereocenters. The zero-order chi connectivity index (χ0) is 9.80. The van der Waals surface area contributed by atoms with Crippen molar-refractivity contribution in [2.45, 2.75) is 0 Å². The predicted molar refractivity (Wildman–Crippen MR) is 66.6 cm³/mol. The molecule has 2 aromatic rings. The Kier molecular flexibility index (Phi) is 7.38. The summed E-state index contributed by atoms with van der Waals surface area (Å²) in [6, 6.07) is 19.3. The minimum Gasteiger partial charge on any atom is -1.00 e. The molecule has 2 rings (SSSR count). The number of halogens is 1. The van der Waals surface area contributed by atoms with Gasteiger partial charge in [-0.15, -0.1) is 23.8 Å². The summed E-state index contributed by atoms with van der Waals surface area (Å²) in [5.74, 6) is 0. The van der Waals surface area contributed by atoms with E-state index in [1.165, 1.54) is 11.1 Å². The molecule has 0 N–H and O–H groups in total. The molecule has 0 spiro atoms. The van der Waals surface area contributed by atoms with Crippen LogP contribution in [-0.4, -0.2) is 23.1 Å². The zero-order valence-corrected chi connectivity index (χ0v) is 12.0. The number of benzene rings is 2. The van der Waals surface area contributed by atoms with E-state index in [-0.39, 0.29) is 40.0 Å². The molecule has 2 aromatic carbocycles. The van der Waals surface area contributed by atoms with Crippen LogP contribution in [0.1, 0.15) is 5.56 Å². The molecule has 0 aliphatic carbocycles. The van der Waals surface area contributed by atoms with Crippen LogP contribution in [0.2, 0.25) is 0 Å². The molecule has 0 fully saturated rings. The maximum atomic E-state index is 3.80. The molecule has 2 heteroatoms. The first kappa shape index (κ1) is 15.4. The summed E-state index contributed by atoms with van der Waals surface area (Å²) in [4.78, 5) is 0. The average Bonchev–Trinajstić information content (AvgIpc) is 2.30. The molecule has 0 bridgehead atoms. The standard InChI is InChI=1S/C14H11.BrH.Mg/c1-2-12-8-6-7-11-14(12)13-9-4-3-5-10-13;;/h2-5,7-11H,1H2;1H;/q-1;;+2/p-1. The Morgan fingerprint density at radius 3 is 2.38 bits per heavy atom. The van der Waals surface area contributed by atoms with Gasteiger partial charge < -0.3 is 17.0 Å². The van der Waals surface area contributed by atoms with Crippen LogP contribution >= 0.6 is 0 Å². The van der Waals surface area contributed by atoms with Crippen LogP contribution in [-0.2, 0) is 0 Å². The van der Waals surface area contributed by atoms with E-state index in [4.69, 9.17) is 0 Å². The second-order valence-electron chi connectivity index (χ2n) is 3.08. The van der Waals surface area contributed by atoms with Gasteiger partial charge in [-0.1, -0.05) is 30.3 Å². The van der Waals surface area contributed by atoms with Crippen LogP contribution < -0.4 is 17.0 Å². The van der Waals surface area contributed by atoms with Crippen molar-refractivity contribution in [1.82, 2.24) is 0 Å². The SMILES string of the molecule is C=Cc1c[c-]ccc1-c1ccccc1.[Br-].[Mg+2]. The number of hydrogen-bond donors (Lipinski definition) is 0. The van der Waals surface area contributed by atoms with E-state index >= 15 is 0 Å². The van der Waals surface area contributed by atoms with Gasteiger partial charge in [0.2, 0.25) is 0 Å². The normalized spacial score (nSPS) is 8.50. The quantitative estimate of drug-likeness (QED) is 0.554. The van der Waals surface area contributed by atoms with Crippen LogP contribution in [0.25, 0.3) is 17.2 Å². The fourth-order valence-corrected chi connectivity index (χ4v) is 1.49. The van der Waals surface area contributed by atoms with Crippen molar-refractivity contribution in [2.75, 3.05) is 0 Å². The first-order chi connectivity index (χ1) is 6.92. The molecular formula is C14H11BrMg. The third-order valence-corrected chi connectivity index (χ3v) is 2.20. The van der Waals surface area contributed by atoms with Crippen molar-refractivity contribution >= 4 is 29.1 Å². The van der Waals surface area contributed by atoms with Crippen LogP contribution in [0.4, 0.5) is 0 Å².